The molecule has 1 saturated heterocycles. The zero-order chi connectivity index (χ0) is 18.8. The molecule has 4 rings (SSSR count). The molecular formula is C22H17NO3S. The van der Waals surface area contributed by atoms with Gasteiger partial charge in [0.25, 0.3) is 11.1 Å². The van der Waals surface area contributed by atoms with E-state index in [-0.39, 0.29) is 17.7 Å². The van der Waals surface area contributed by atoms with Crippen LogP contribution in [0.25, 0.3) is 16.8 Å². The highest BCUT2D eigenvalue weighted by molar-refractivity contribution is 8.18. The van der Waals surface area contributed by atoms with Gasteiger partial charge in [-0.3, -0.25) is 14.5 Å². The van der Waals surface area contributed by atoms with Crippen LogP contribution in [0.4, 0.5) is 4.79 Å². The third-order valence-corrected chi connectivity index (χ3v) is 5.41. The summed E-state index contributed by atoms with van der Waals surface area (Å²) in [6.07, 6.45) is 1.72. The molecule has 0 aliphatic carbocycles. The van der Waals surface area contributed by atoms with Crippen LogP contribution in [0.1, 0.15) is 11.1 Å². The van der Waals surface area contributed by atoms with E-state index in [4.69, 9.17) is 4.74 Å². The molecule has 0 atom stereocenters. The fraction of sp³-hybridized carbons (Fsp3) is 0.0909. The van der Waals surface area contributed by atoms with Crippen LogP contribution in [-0.4, -0.2) is 23.2 Å². The number of carbonyl (C=O) groups excluding carboxylic acids is 2. The van der Waals surface area contributed by atoms with Crippen LogP contribution in [-0.2, 0) is 11.3 Å². The molecule has 0 saturated carbocycles. The number of hydrogen-bond donors (Lipinski definition) is 0. The number of rotatable bonds is 4. The third kappa shape index (κ3) is 3.34. The molecule has 0 N–H and O–H groups in total. The molecule has 5 heteroatoms. The first-order chi connectivity index (χ1) is 13.2. The molecule has 0 spiro atoms. The first kappa shape index (κ1) is 17.4. The van der Waals surface area contributed by atoms with Crippen molar-refractivity contribution in [1.82, 2.24) is 4.90 Å². The summed E-state index contributed by atoms with van der Waals surface area (Å²) in [5, 5.41) is 1.88. The Kier molecular flexibility index (Phi) is 4.69. The third-order valence-electron chi connectivity index (χ3n) is 4.51. The Labute approximate surface area is 161 Å². The van der Waals surface area contributed by atoms with E-state index < -0.39 is 0 Å². The Morgan fingerprint density at radius 3 is 2.56 bits per heavy atom. The summed E-state index contributed by atoms with van der Waals surface area (Å²) in [6, 6.07) is 21.3. The number of hydrogen-bond acceptors (Lipinski definition) is 4. The minimum absolute atomic E-state index is 0.255. The molecule has 4 nitrogen and oxygen atoms in total. The zero-order valence-electron chi connectivity index (χ0n) is 14.7. The average molecular weight is 375 g/mol. The number of benzene rings is 3. The van der Waals surface area contributed by atoms with Crippen LogP contribution in [0.15, 0.2) is 71.6 Å². The number of amides is 2. The average Bonchev–Trinajstić information content (AvgIpc) is 2.96. The second-order valence-electron chi connectivity index (χ2n) is 6.15. The second-order valence-corrected chi connectivity index (χ2v) is 7.14. The van der Waals surface area contributed by atoms with Gasteiger partial charge in [0.05, 0.1) is 18.6 Å². The van der Waals surface area contributed by atoms with Crippen molar-refractivity contribution in [1.29, 1.82) is 0 Å². The van der Waals surface area contributed by atoms with E-state index in [1.54, 1.807) is 13.2 Å². The molecule has 1 aliphatic rings. The fourth-order valence-corrected chi connectivity index (χ4v) is 3.99. The van der Waals surface area contributed by atoms with Gasteiger partial charge in [0.2, 0.25) is 0 Å². The van der Waals surface area contributed by atoms with E-state index in [1.165, 1.54) is 4.90 Å². The Morgan fingerprint density at radius 1 is 0.963 bits per heavy atom. The molecule has 0 unspecified atom stereocenters. The molecule has 0 bridgehead atoms. The normalized spacial score (nSPS) is 15.7. The Morgan fingerprint density at radius 2 is 1.70 bits per heavy atom. The van der Waals surface area contributed by atoms with E-state index in [1.807, 2.05) is 66.7 Å². The summed E-state index contributed by atoms with van der Waals surface area (Å²) in [5.74, 6) is 0.391. The molecule has 27 heavy (non-hydrogen) atoms. The zero-order valence-corrected chi connectivity index (χ0v) is 15.5. The van der Waals surface area contributed by atoms with Crippen LogP contribution in [0.5, 0.6) is 5.75 Å². The van der Waals surface area contributed by atoms with Crippen molar-refractivity contribution in [3.05, 3.63) is 82.8 Å². The van der Waals surface area contributed by atoms with E-state index in [0.717, 1.165) is 33.7 Å². The van der Waals surface area contributed by atoms with Gasteiger partial charge >= 0.3 is 0 Å². The van der Waals surface area contributed by atoms with E-state index in [9.17, 15) is 9.59 Å². The number of methoxy groups -OCH3 is 1. The molecule has 1 fully saturated rings. The van der Waals surface area contributed by atoms with Crippen molar-refractivity contribution in [2.24, 2.45) is 0 Å². The number of ether oxygens (including phenoxy) is 1. The highest BCUT2D eigenvalue weighted by Crippen LogP contribution is 2.35. The van der Waals surface area contributed by atoms with Crippen molar-refractivity contribution >= 4 is 39.8 Å². The van der Waals surface area contributed by atoms with E-state index >= 15 is 0 Å². The van der Waals surface area contributed by atoms with Gasteiger partial charge in [0.1, 0.15) is 5.75 Å². The smallest absolute Gasteiger partial charge is 0.293 e. The maximum Gasteiger partial charge on any atom is 0.293 e. The van der Waals surface area contributed by atoms with Crippen molar-refractivity contribution < 1.29 is 14.3 Å². The minimum atomic E-state index is -0.274. The van der Waals surface area contributed by atoms with Gasteiger partial charge in [-0.15, -0.1) is 0 Å². The van der Waals surface area contributed by atoms with E-state index in [0.29, 0.717) is 10.7 Å². The largest absolute Gasteiger partial charge is 0.496 e. The van der Waals surface area contributed by atoms with E-state index in [2.05, 4.69) is 0 Å². The minimum Gasteiger partial charge on any atom is -0.496 e. The molecule has 1 aliphatic heterocycles. The maximum absolute atomic E-state index is 12.8. The van der Waals surface area contributed by atoms with Gasteiger partial charge in [0, 0.05) is 5.56 Å². The van der Waals surface area contributed by atoms with Crippen LogP contribution >= 0.6 is 11.8 Å². The first-order valence-electron chi connectivity index (χ1n) is 8.52. The number of nitrogens with zero attached hydrogens (tertiary/aromatic N) is 1. The fourth-order valence-electron chi connectivity index (χ4n) is 3.16. The quantitative estimate of drug-likeness (QED) is 0.596. The van der Waals surface area contributed by atoms with Gasteiger partial charge in [0.15, 0.2) is 0 Å². The lowest BCUT2D eigenvalue weighted by Crippen LogP contribution is -2.27. The highest BCUT2D eigenvalue weighted by atomic mass is 32.2. The SMILES string of the molecule is COc1ccccc1/C=C1\SC(=O)N(Cc2cccc3ccccc23)C1=O. The Bertz CT molecular complexity index is 1070. The molecule has 3 aromatic carbocycles. The van der Waals surface area contributed by atoms with Crippen LogP contribution in [0.2, 0.25) is 0 Å². The van der Waals surface area contributed by atoms with Crippen LogP contribution < -0.4 is 4.74 Å². The molecule has 2 amide bonds. The number of thioether (sulfide) groups is 1. The van der Waals surface area contributed by atoms with Gasteiger partial charge in [-0.05, 0) is 40.2 Å². The molecule has 3 aromatic rings. The van der Waals surface area contributed by atoms with Crippen molar-refractivity contribution in [2.45, 2.75) is 6.54 Å². The first-order valence-corrected chi connectivity index (χ1v) is 9.34. The number of fused-ring (bicyclic) bond motifs is 1. The maximum atomic E-state index is 12.8. The molecule has 0 aromatic heterocycles. The highest BCUT2D eigenvalue weighted by Gasteiger charge is 2.35. The summed E-state index contributed by atoms with van der Waals surface area (Å²) in [5.41, 5.74) is 1.73. The number of imide groups is 1. The molecule has 1 heterocycles. The summed E-state index contributed by atoms with van der Waals surface area (Å²) >= 11 is 0.963. The van der Waals surface area contributed by atoms with Crippen molar-refractivity contribution in [2.75, 3.05) is 7.11 Å². The number of para-hydroxylation sites is 1. The molecule has 0 radical (unpaired) electrons. The number of carbonyl (C=O) groups is 2. The van der Waals surface area contributed by atoms with Crippen molar-refractivity contribution in [3.8, 4) is 5.75 Å². The predicted octanol–water partition coefficient (Wildman–Crippen LogP) is 5.08. The van der Waals surface area contributed by atoms with Crippen LogP contribution in [0.3, 0.4) is 0 Å². The second kappa shape index (κ2) is 7.29. The Balaban J connectivity index is 1.64. The predicted molar refractivity (Wildman–Crippen MR) is 108 cm³/mol. The van der Waals surface area contributed by atoms with Gasteiger partial charge in [-0.1, -0.05) is 60.7 Å². The molecular weight excluding hydrogens is 358 g/mol. The summed E-state index contributed by atoms with van der Waals surface area (Å²) < 4.78 is 5.32. The summed E-state index contributed by atoms with van der Waals surface area (Å²) in [6.45, 7) is 0.259. The standard InChI is InChI=1S/C22H17NO3S/c1-26-19-12-5-3-8-16(19)13-20-21(24)23(22(25)27-20)14-17-10-6-9-15-7-2-4-11-18(15)17/h2-13H,14H2,1H3/b20-13-. The topological polar surface area (TPSA) is 46.6 Å². The van der Waals surface area contributed by atoms with Gasteiger partial charge < -0.3 is 4.74 Å². The van der Waals surface area contributed by atoms with Gasteiger partial charge in [-0.2, -0.15) is 0 Å². The lowest BCUT2D eigenvalue weighted by atomic mass is 10.0. The van der Waals surface area contributed by atoms with Crippen molar-refractivity contribution in [3.63, 3.8) is 0 Å². The summed E-state index contributed by atoms with van der Waals surface area (Å²) in [4.78, 5) is 27.0. The van der Waals surface area contributed by atoms with Gasteiger partial charge in [-0.25, -0.2) is 0 Å². The monoisotopic (exact) mass is 375 g/mol. The lowest BCUT2D eigenvalue weighted by molar-refractivity contribution is -0.123. The lowest BCUT2D eigenvalue weighted by Gasteiger charge is -2.14. The Hall–Kier alpha value is -3.05. The summed E-state index contributed by atoms with van der Waals surface area (Å²) in [7, 11) is 1.58. The van der Waals surface area contributed by atoms with Crippen LogP contribution in [0, 0.1) is 0 Å². The molecule has 134 valence electrons.